The highest BCUT2D eigenvalue weighted by Crippen LogP contribution is 2.29. The molecule has 4 rings (SSSR count). The van der Waals surface area contributed by atoms with Crippen molar-refractivity contribution in [2.75, 3.05) is 33.4 Å². The maximum absolute atomic E-state index is 6.08. The molecule has 35 heavy (non-hydrogen) atoms. The summed E-state index contributed by atoms with van der Waals surface area (Å²) in [6, 6.07) is 18.1. The fraction of sp³-hybridized carbons (Fsp3) is 0.464. The molecule has 0 bridgehead atoms. The van der Waals surface area contributed by atoms with E-state index in [1.807, 2.05) is 41.9 Å². The van der Waals surface area contributed by atoms with Gasteiger partial charge in [0.2, 0.25) is 0 Å². The maximum Gasteiger partial charge on any atom is 0.120 e. The molecule has 0 unspecified atom stereocenters. The normalized spacial score (nSPS) is 15.8. The number of halogens is 1. The lowest BCUT2D eigenvalue weighted by Gasteiger charge is -2.40. The molecule has 0 atom stereocenters. The smallest absolute Gasteiger partial charge is 0.120 e. The molecule has 1 aliphatic rings. The number of hydrogen-bond donors (Lipinski definition) is 0. The van der Waals surface area contributed by atoms with Crippen molar-refractivity contribution in [3.63, 3.8) is 0 Å². The van der Waals surface area contributed by atoms with Gasteiger partial charge in [0.25, 0.3) is 0 Å². The number of aromatic nitrogens is 2. The van der Waals surface area contributed by atoms with E-state index in [4.69, 9.17) is 25.8 Å². The lowest BCUT2D eigenvalue weighted by molar-refractivity contribution is -0.0839. The maximum atomic E-state index is 6.08. The summed E-state index contributed by atoms with van der Waals surface area (Å²) in [6.45, 7) is 9.01. The second-order valence-electron chi connectivity index (χ2n) is 9.41. The van der Waals surface area contributed by atoms with E-state index in [0.29, 0.717) is 18.2 Å². The highest BCUT2D eigenvalue weighted by molar-refractivity contribution is 6.30. The first kappa shape index (κ1) is 25.5. The minimum absolute atomic E-state index is 0.269. The first-order chi connectivity index (χ1) is 16.9. The van der Waals surface area contributed by atoms with E-state index in [1.165, 1.54) is 11.3 Å². The topological polar surface area (TPSA) is 48.8 Å². The second-order valence-corrected chi connectivity index (χ2v) is 9.85. The Morgan fingerprint density at radius 1 is 0.971 bits per heavy atom. The number of piperidine rings is 1. The summed E-state index contributed by atoms with van der Waals surface area (Å²) in [4.78, 5) is 2.47. The van der Waals surface area contributed by atoms with Gasteiger partial charge in [-0.2, -0.15) is 5.10 Å². The van der Waals surface area contributed by atoms with Gasteiger partial charge >= 0.3 is 0 Å². The summed E-state index contributed by atoms with van der Waals surface area (Å²) in [7, 11) is 1.78. The Morgan fingerprint density at radius 2 is 1.71 bits per heavy atom. The Kier molecular flexibility index (Phi) is 8.71. The summed E-state index contributed by atoms with van der Waals surface area (Å²) in [6.07, 6.45) is 2.77. The molecule has 1 fully saturated rings. The molecule has 2 heterocycles. The van der Waals surface area contributed by atoms with Crippen LogP contribution in [0.4, 0.5) is 0 Å². The number of nitrogens with zero attached hydrogens (tertiary/aromatic N) is 3. The average molecular weight is 498 g/mol. The molecule has 1 aromatic heterocycles. The van der Waals surface area contributed by atoms with Crippen LogP contribution in [0.5, 0.6) is 11.5 Å². The lowest BCUT2D eigenvalue weighted by atomic mass is 9.91. The van der Waals surface area contributed by atoms with Crippen molar-refractivity contribution >= 4 is 11.6 Å². The van der Waals surface area contributed by atoms with Gasteiger partial charge in [-0.15, -0.1) is 0 Å². The molecule has 0 radical (unpaired) electrons. The Balaban J connectivity index is 1.22. The third-order valence-corrected chi connectivity index (χ3v) is 6.92. The highest BCUT2D eigenvalue weighted by atomic mass is 35.5. The van der Waals surface area contributed by atoms with E-state index in [9.17, 15) is 0 Å². The zero-order chi connectivity index (χ0) is 24.7. The van der Waals surface area contributed by atoms with Crippen molar-refractivity contribution in [2.24, 2.45) is 0 Å². The third-order valence-electron chi connectivity index (χ3n) is 6.69. The standard InChI is InChI=1S/C28H36ClN3O3/c1-22-17-23(2)32(30-22)13-6-16-34-26-9-4-7-24(18-26)20-31-14-11-28(33-3,12-15-31)21-35-27-10-5-8-25(29)19-27/h4-5,7-10,17-19H,6,11-16,20-21H2,1-3H3. The molecule has 6 nitrogen and oxygen atoms in total. The van der Waals surface area contributed by atoms with E-state index >= 15 is 0 Å². The molecular weight excluding hydrogens is 462 g/mol. The minimum atomic E-state index is -0.269. The van der Waals surface area contributed by atoms with Crippen LogP contribution in [0.25, 0.3) is 0 Å². The second kappa shape index (κ2) is 11.9. The van der Waals surface area contributed by atoms with Crippen LogP contribution >= 0.6 is 11.6 Å². The highest BCUT2D eigenvalue weighted by Gasteiger charge is 2.35. The van der Waals surface area contributed by atoms with Crippen LogP contribution in [0.15, 0.2) is 54.6 Å². The van der Waals surface area contributed by atoms with Crippen LogP contribution in [0.2, 0.25) is 5.02 Å². The Hall–Kier alpha value is -2.54. The van der Waals surface area contributed by atoms with E-state index in [1.54, 1.807) is 7.11 Å². The number of likely N-dealkylation sites (tertiary alicyclic amines) is 1. The van der Waals surface area contributed by atoms with E-state index < -0.39 is 0 Å². The molecule has 1 saturated heterocycles. The molecule has 0 amide bonds. The van der Waals surface area contributed by atoms with Gasteiger partial charge in [-0.05, 0) is 68.7 Å². The number of methoxy groups -OCH3 is 1. The minimum Gasteiger partial charge on any atom is -0.494 e. The van der Waals surface area contributed by atoms with Crippen molar-refractivity contribution in [1.29, 1.82) is 0 Å². The lowest BCUT2D eigenvalue weighted by Crippen LogP contribution is -2.48. The molecule has 3 aromatic rings. The van der Waals surface area contributed by atoms with Crippen LogP contribution in [0, 0.1) is 13.8 Å². The van der Waals surface area contributed by atoms with Crippen molar-refractivity contribution < 1.29 is 14.2 Å². The van der Waals surface area contributed by atoms with E-state index in [-0.39, 0.29) is 5.60 Å². The summed E-state index contributed by atoms with van der Waals surface area (Å²) >= 11 is 6.08. The first-order valence-corrected chi connectivity index (χ1v) is 12.7. The predicted molar refractivity (Wildman–Crippen MR) is 139 cm³/mol. The summed E-state index contributed by atoms with van der Waals surface area (Å²) in [5.74, 6) is 1.71. The molecule has 188 valence electrons. The van der Waals surface area contributed by atoms with Crippen LogP contribution in [-0.2, 0) is 17.8 Å². The average Bonchev–Trinajstić information content (AvgIpc) is 3.18. The summed E-state index contributed by atoms with van der Waals surface area (Å²) < 4.78 is 20.0. The van der Waals surface area contributed by atoms with Gasteiger partial charge in [-0.1, -0.05) is 29.8 Å². The number of rotatable bonds is 11. The number of hydrogen-bond acceptors (Lipinski definition) is 5. The summed E-state index contributed by atoms with van der Waals surface area (Å²) in [5.41, 5.74) is 3.25. The van der Waals surface area contributed by atoms with Gasteiger partial charge < -0.3 is 14.2 Å². The number of benzene rings is 2. The quantitative estimate of drug-likeness (QED) is 0.319. The number of aryl methyl sites for hydroxylation is 3. The van der Waals surface area contributed by atoms with Gasteiger partial charge in [0.05, 0.1) is 12.3 Å². The van der Waals surface area contributed by atoms with E-state index in [2.05, 4.69) is 41.2 Å². The van der Waals surface area contributed by atoms with Gasteiger partial charge in [-0.25, -0.2) is 0 Å². The predicted octanol–water partition coefficient (Wildman–Crippen LogP) is 5.68. The van der Waals surface area contributed by atoms with E-state index in [0.717, 1.165) is 62.6 Å². The third kappa shape index (κ3) is 7.23. The monoisotopic (exact) mass is 497 g/mol. The molecule has 0 saturated carbocycles. The van der Waals surface area contributed by atoms with Crippen molar-refractivity contribution in [3.05, 3.63) is 76.6 Å². The zero-order valence-corrected chi connectivity index (χ0v) is 21.8. The number of ether oxygens (including phenoxy) is 3. The molecule has 0 N–H and O–H groups in total. The van der Waals surface area contributed by atoms with Crippen molar-refractivity contribution in [2.45, 2.75) is 51.8 Å². The SMILES string of the molecule is COC1(COc2cccc(Cl)c2)CCN(Cc2cccc(OCCCn3nc(C)cc3C)c2)CC1. The van der Waals surface area contributed by atoms with Gasteiger partial charge in [0, 0.05) is 50.4 Å². The fourth-order valence-corrected chi connectivity index (χ4v) is 4.78. The fourth-order valence-electron chi connectivity index (χ4n) is 4.60. The van der Waals surface area contributed by atoms with Gasteiger partial charge in [-0.3, -0.25) is 9.58 Å². The van der Waals surface area contributed by atoms with Crippen LogP contribution in [-0.4, -0.2) is 53.7 Å². The van der Waals surface area contributed by atoms with Gasteiger partial charge in [0.1, 0.15) is 23.7 Å². The van der Waals surface area contributed by atoms with Crippen molar-refractivity contribution in [1.82, 2.24) is 14.7 Å². The molecule has 7 heteroatoms. The Morgan fingerprint density at radius 3 is 2.40 bits per heavy atom. The molecule has 2 aromatic carbocycles. The van der Waals surface area contributed by atoms with Gasteiger partial charge in [0.15, 0.2) is 0 Å². The largest absolute Gasteiger partial charge is 0.494 e. The summed E-state index contributed by atoms with van der Waals surface area (Å²) in [5, 5.41) is 5.19. The van der Waals surface area contributed by atoms with Crippen LogP contribution < -0.4 is 9.47 Å². The zero-order valence-electron chi connectivity index (χ0n) is 21.0. The first-order valence-electron chi connectivity index (χ1n) is 12.3. The van der Waals surface area contributed by atoms with Crippen LogP contribution in [0.1, 0.15) is 36.2 Å². The Labute approximate surface area is 213 Å². The molecular formula is C28H36ClN3O3. The Bertz CT molecular complexity index is 1090. The molecule has 1 aliphatic heterocycles. The van der Waals surface area contributed by atoms with Crippen LogP contribution in [0.3, 0.4) is 0 Å². The molecule has 0 spiro atoms. The van der Waals surface area contributed by atoms with Crippen molar-refractivity contribution in [3.8, 4) is 11.5 Å². The molecule has 0 aliphatic carbocycles.